The fourth-order valence-electron chi connectivity index (χ4n) is 1.72. The molecular formula is C12H7F3N5O3S+. The summed E-state index contributed by atoms with van der Waals surface area (Å²) in [5, 5.41) is 12.4. The normalized spacial score (nSPS) is 11.6. The van der Waals surface area contributed by atoms with E-state index in [4.69, 9.17) is 0 Å². The monoisotopic (exact) mass is 358 g/mol. The number of pyridine rings is 1. The molecule has 3 aromatic heterocycles. The number of carbonyl (C=O) groups excluding carboxylic acids is 2. The third-order valence-corrected chi connectivity index (χ3v) is 3.74. The topological polar surface area (TPSA) is 90.3 Å². The van der Waals surface area contributed by atoms with Crippen molar-refractivity contribution in [2.75, 3.05) is 0 Å². The SMILES string of the molecule is O=C(C[n+]1ccc(-c2nn3cnnc3s2)cc1)OC(=O)C(F)(F)F. The van der Waals surface area contributed by atoms with Crippen LogP contribution in [0, 0.1) is 0 Å². The average molecular weight is 358 g/mol. The van der Waals surface area contributed by atoms with Crippen molar-refractivity contribution in [1.29, 1.82) is 0 Å². The van der Waals surface area contributed by atoms with Crippen LogP contribution in [-0.2, 0) is 20.9 Å². The number of alkyl halides is 3. The van der Waals surface area contributed by atoms with Crippen LogP contribution in [0.5, 0.6) is 0 Å². The van der Waals surface area contributed by atoms with E-state index in [-0.39, 0.29) is 0 Å². The highest BCUT2D eigenvalue weighted by molar-refractivity contribution is 7.19. The van der Waals surface area contributed by atoms with Gasteiger partial charge in [-0.25, -0.2) is 9.59 Å². The molecule has 0 aliphatic heterocycles. The van der Waals surface area contributed by atoms with Crippen LogP contribution in [0.25, 0.3) is 15.5 Å². The maximum atomic E-state index is 12.0. The number of rotatable bonds is 3. The molecule has 0 saturated heterocycles. The van der Waals surface area contributed by atoms with E-state index in [0.29, 0.717) is 9.97 Å². The van der Waals surface area contributed by atoms with Crippen molar-refractivity contribution < 1.29 is 32.1 Å². The zero-order valence-corrected chi connectivity index (χ0v) is 12.4. The number of nitrogens with zero attached hydrogens (tertiary/aromatic N) is 5. The van der Waals surface area contributed by atoms with Gasteiger partial charge in [0.15, 0.2) is 12.4 Å². The first-order valence-electron chi connectivity index (χ1n) is 6.31. The zero-order valence-electron chi connectivity index (χ0n) is 11.6. The predicted molar refractivity (Wildman–Crippen MR) is 71.4 cm³/mol. The number of halogens is 3. The molecular weight excluding hydrogens is 351 g/mol. The Morgan fingerprint density at radius 1 is 1.29 bits per heavy atom. The summed E-state index contributed by atoms with van der Waals surface area (Å²) < 4.78 is 42.5. The molecule has 8 nitrogen and oxygen atoms in total. The lowest BCUT2D eigenvalue weighted by molar-refractivity contribution is -0.685. The highest BCUT2D eigenvalue weighted by atomic mass is 32.1. The van der Waals surface area contributed by atoms with Crippen LogP contribution in [0.4, 0.5) is 13.2 Å². The van der Waals surface area contributed by atoms with Gasteiger partial charge in [-0.15, -0.1) is 10.2 Å². The van der Waals surface area contributed by atoms with Crippen molar-refractivity contribution in [3.05, 3.63) is 30.9 Å². The Morgan fingerprint density at radius 2 is 2.00 bits per heavy atom. The minimum absolute atomic E-state index is 0.535. The molecule has 124 valence electrons. The number of fused-ring (bicyclic) bond motifs is 1. The first kappa shape index (κ1) is 16.0. The molecule has 24 heavy (non-hydrogen) atoms. The molecule has 0 N–H and O–H groups in total. The lowest BCUT2D eigenvalue weighted by Crippen LogP contribution is -2.40. The first-order chi connectivity index (χ1) is 11.3. The van der Waals surface area contributed by atoms with Crippen molar-refractivity contribution in [2.24, 2.45) is 0 Å². The van der Waals surface area contributed by atoms with Gasteiger partial charge in [-0.1, -0.05) is 11.3 Å². The van der Waals surface area contributed by atoms with Gasteiger partial charge in [0.1, 0.15) is 11.3 Å². The van der Waals surface area contributed by atoms with Gasteiger partial charge >= 0.3 is 18.1 Å². The summed E-state index contributed by atoms with van der Waals surface area (Å²) in [6, 6.07) is 3.23. The van der Waals surface area contributed by atoms with Gasteiger partial charge in [0.25, 0.3) is 0 Å². The summed E-state index contributed by atoms with van der Waals surface area (Å²) in [7, 11) is 0. The smallest absolute Gasteiger partial charge is 0.382 e. The van der Waals surface area contributed by atoms with Crippen molar-refractivity contribution in [3.63, 3.8) is 0 Å². The minimum Gasteiger partial charge on any atom is -0.382 e. The fraction of sp³-hybridized carbons (Fsp3) is 0.167. The van der Waals surface area contributed by atoms with Gasteiger partial charge in [-0.3, -0.25) is 0 Å². The second kappa shape index (κ2) is 5.96. The summed E-state index contributed by atoms with van der Waals surface area (Å²) >= 11 is 1.30. The quantitative estimate of drug-likeness (QED) is 0.390. The maximum Gasteiger partial charge on any atom is 0.491 e. The molecule has 12 heteroatoms. The number of hydrogen-bond acceptors (Lipinski definition) is 7. The fourth-order valence-corrected chi connectivity index (χ4v) is 2.55. The van der Waals surface area contributed by atoms with Gasteiger partial charge in [0, 0.05) is 17.7 Å². The van der Waals surface area contributed by atoms with Gasteiger partial charge in [-0.2, -0.15) is 27.4 Å². The first-order valence-corrected chi connectivity index (χ1v) is 7.13. The summed E-state index contributed by atoms with van der Waals surface area (Å²) in [6.07, 6.45) is -0.846. The third kappa shape index (κ3) is 3.37. The Bertz CT molecular complexity index is 874. The lowest BCUT2D eigenvalue weighted by Gasteiger charge is -2.03. The minimum atomic E-state index is -5.21. The summed E-state index contributed by atoms with van der Waals surface area (Å²) in [4.78, 5) is 22.5. The van der Waals surface area contributed by atoms with Gasteiger partial charge in [0.05, 0.1) is 0 Å². The highest BCUT2D eigenvalue weighted by Crippen LogP contribution is 2.23. The number of carbonyl (C=O) groups is 2. The van der Waals surface area contributed by atoms with Gasteiger partial charge in [-0.05, 0) is 0 Å². The maximum absolute atomic E-state index is 12.0. The Labute approximate surface area is 135 Å². The van der Waals surface area contributed by atoms with Crippen LogP contribution in [0.15, 0.2) is 30.9 Å². The highest BCUT2D eigenvalue weighted by Gasteiger charge is 2.42. The van der Waals surface area contributed by atoms with E-state index >= 15 is 0 Å². The second-order valence-corrected chi connectivity index (χ2v) is 5.44. The van der Waals surface area contributed by atoms with Crippen LogP contribution in [0.2, 0.25) is 0 Å². The Morgan fingerprint density at radius 3 is 2.62 bits per heavy atom. The van der Waals surface area contributed by atoms with Crippen LogP contribution in [0.1, 0.15) is 0 Å². The molecule has 0 fully saturated rings. The number of ether oxygens (including phenoxy) is 1. The molecule has 0 bridgehead atoms. The molecule has 3 aromatic rings. The molecule has 0 amide bonds. The second-order valence-electron chi connectivity index (χ2n) is 4.48. The van der Waals surface area contributed by atoms with Crippen molar-refractivity contribution in [1.82, 2.24) is 19.8 Å². The third-order valence-electron chi connectivity index (χ3n) is 2.77. The molecule has 0 aliphatic carbocycles. The van der Waals surface area contributed by atoms with Crippen LogP contribution in [0.3, 0.4) is 0 Å². The molecule has 0 aromatic carbocycles. The Balaban J connectivity index is 1.67. The van der Waals surface area contributed by atoms with Gasteiger partial charge in [0.2, 0.25) is 11.5 Å². The van der Waals surface area contributed by atoms with Crippen LogP contribution >= 0.6 is 11.3 Å². The molecule has 0 aliphatic rings. The van der Waals surface area contributed by atoms with E-state index in [1.807, 2.05) is 0 Å². The molecule has 0 saturated carbocycles. The molecule has 0 atom stereocenters. The average Bonchev–Trinajstić information content (AvgIpc) is 3.08. The van der Waals surface area contributed by atoms with E-state index in [1.54, 1.807) is 12.1 Å². The standard InChI is InChI=1S/C12H7F3N5O3S/c13-12(14,15)10(22)23-8(21)5-19-3-1-7(2-4-19)9-18-20-6-16-17-11(20)24-9/h1-4,6H,5H2/q+1. The molecule has 3 heterocycles. The van der Waals surface area contributed by atoms with E-state index in [0.717, 1.165) is 5.56 Å². The Hall–Kier alpha value is -2.89. The summed E-state index contributed by atoms with van der Waals surface area (Å²) in [6.45, 7) is -0.535. The predicted octanol–water partition coefficient (Wildman–Crippen LogP) is 0.772. The Kier molecular flexibility index (Phi) is 3.97. The van der Waals surface area contributed by atoms with E-state index in [1.165, 1.54) is 39.1 Å². The number of esters is 2. The van der Waals surface area contributed by atoms with E-state index < -0.39 is 24.7 Å². The number of aromatic nitrogens is 5. The summed E-state index contributed by atoms with van der Waals surface area (Å²) in [5.74, 6) is -3.85. The van der Waals surface area contributed by atoms with E-state index in [2.05, 4.69) is 20.0 Å². The van der Waals surface area contributed by atoms with Crippen LogP contribution < -0.4 is 4.57 Å². The molecule has 3 rings (SSSR count). The van der Waals surface area contributed by atoms with Crippen molar-refractivity contribution >= 4 is 28.2 Å². The molecule has 0 radical (unpaired) electrons. The molecule has 0 unspecified atom stereocenters. The van der Waals surface area contributed by atoms with Gasteiger partial charge < -0.3 is 4.74 Å². The zero-order chi connectivity index (χ0) is 17.3. The number of hydrogen-bond donors (Lipinski definition) is 0. The van der Waals surface area contributed by atoms with Crippen molar-refractivity contribution in [3.8, 4) is 10.6 Å². The van der Waals surface area contributed by atoms with Crippen molar-refractivity contribution in [2.45, 2.75) is 12.7 Å². The van der Waals surface area contributed by atoms with E-state index in [9.17, 15) is 22.8 Å². The largest absolute Gasteiger partial charge is 0.491 e. The summed E-state index contributed by atoms with van der Waals surface area (Å²) in [5.41, 5.74) is 0.724. The lowest BCUT2D eigenvalue weighted by atomic mass is 10.3. The molecule has 0 spiro atoms. The van der Waals surface area contributed by atoms with Crippen LogP contribution in [-0.4, -0.2) is 37.9 Å².